The summed E-state index contributed by atoms with van der Waals surface area (Å²) in [7, 11) is 3.66. The normalized spacial score (nSPS) is 10.7. The number of aromatic nitrogens is 2. The molecule has 0 bridgehead atoms. The second-order valence-electron chi connectivity index (χ2n) is 4.41. The van der Waals surface area contributed by atoms with Crippen molar-refractivity contribution in [3.05, 3.63) is 23.4 Å². The second-order valence-corrected chi connectivity index (χ2v) is 5.36. The minimum absolute atomic E-state index is 0.0797. The molecule has 0 fully saturated rings. The van der Waals surface area contributed by atoms with Gasteiger partial charge in [-0.1, -0.05) is 11.2 Å². The number of nitrogens with one attached hydrogen (secondary N) is 1. The number of amides is 1. The van der Waals surface area contributed by atoms with Crippen molar-refractivity contribution in [1.29, 1.82) is 0 Å². The van der Waals surface area contributed by atoms with E-state index in [0.29, 0.717) is 31.1 Å². The predicted molar refractivity (Wildman–Crippen MR) is 77.5 cm³/mol. The van der Waals surface area contributed by atoms with Crippen molar-refractivity contribution in [3.8, 4) is 10.7 Å². The molecule has 0 atom stereocenters. The zero-order valence-electron chi connectivity index (χ0n) is 11.6. The van der Waals surface area contributed by atoms with Gasteiger partial charge in [0.1, 0.15) is 0 Å². The van der Waals surface area contributed by atoms with Gasteiger partial charge in [0.25, 0.3) is 0 Å². The van der Waals surface area contributed by atoms with Crippen LogP contribution in [0, 0.1) is 0 Å². The molecule has 2 aromatic rings. The van der Waals surface area contributed by atoms with Crippen LogP contribution in [0.2, 0.25) is 0 Å². The minimum Gasteiger partial charge on any atom is -0.344 e. The van der Waals surface area contributed by atoms with Crippen molar-refractivity contribution in [2.24, 2.45) is 0 Å². The van der Waals surface area contributed by atoms with E-state index in [0.717, 1.165) is 11.4 Å². The van der Waals surface area contributed by atoms with Gasteiger partial charge >= 0.3 is 0 Å². The first kappa shape index (κ1) is 14.7. The summed E-state index contributed by atoms with van der Waals surface area (Å²) in [5.41, 5.74) is 0. The number of hydrogen-bond donors (Lipinski definition) is 1. The van der Waals surface area contributed by atoms with Gasteiger partial charge < -0.3 is 14.7 Å². The molecule has 2 heterocycles. The molecule has 1 N–H and O–H groups in total. The molecule has 1 amide bonds. The van der Waals surface area contributed by atoms with E-state index in [-0.39, 0.29) is 5.91 Å². The Morgan fingerprint density at radius 1 is 1.55 bits per heavy atom. The first-order valence-electron chi connectivity index (χ1n) is 6.45. The molecule has 6 nitrogen and oxygen atoms in total. The number of hydrogen-bond acceptors (Lipinski definition) is 6. The van der Waals surface area contributed by atoms with Crippen LogP contribution in [0.3, 0.4) is 0 Å². The Balaban J connectivity index is 1.84. The first-order valence-corrected chi connectivity index (χ1v) is 7.33. The number of likely N-dealkylation sites (N-methyl/N-ethyl adjacent to an activating group) is 2. The van der Waals surface area contributed by atoms with Crippen LogP contribution in [0.5, 0.6) is 0 Å². The van der Waals surface area contributed by atoms with Gasteiger partial charge in [0.15, 0.2) is 0 Å². The van der Waals surface area contributed by atoms with Gasteiger partial charge in [0, 0.05) is 33.0 Å². The number of aryl methyl sites for hydroxylation is 1. The summed E-state index contributed by atoms with van der Waals surface area (Å²) in [5.74, 6) is 1.17. The molecule has 7 heteroatoms. The molecule has 0 aromatic carbocycles. The van der Waals surface area contributed by atoms with Crippen LogP contribution >= 0.6 is 11.3 Å². The molecule has 2 rings (SSSR count). The topological polar surface area (TPSA) is 71.3 Å². The Bertz CT molecular complexity index is 538. The maximum Gasteiger partial charge on any atom is 0.227 e. The van der Waals surface area contributed by atoms with Gasteiger partial charge in [-0.2, -0.15) is 4.98 Å². The fourth-order valence-electron chi connectivity index (χ4n) is 1.67. The third-order valence-corrected chi connectivity index (χ3v) is 3.75. The van der Waals surface area contributed by atoms with Gasteiger partial charge in [-0.05, 0) is 18.5 Å². The number of rotatable bonds is 7. The summed E-state index contributed by atoms with van der Waals surface area (Å²) in [6.45, 7) is 1.48. The molecule has 0 unspecified atom stereocenters. The van der Waals surface area contributed by atoms with Crippen molar-refractivity contribution < 1.29 is 9.32 Å². The van der Waals surface area contributed by atoms with E-state index in [9.17, 15) is 4.79 Å². The number of nitrogens with zero attached hydrogens (tertiary/aromatic N) is 3. The van der Waals surface area contributed by atoms with E-state index >= 15 is 0 Å². The zero-order valence-corrected chi connectivity index (χ0v) is 12.4. The third kappa shape index (κ3) is 3.88. The van der Waals surface area contributed by atoms with Gasteiger partial charge in [-0.15, -0.1) is 11.3 Å². The molecule has 0 saturated carbocycles. The average molecular weight is 294 g/mol. The van der Waals surface area contributed by atoms with Crippen molar-refractivity contribution in [2.45, 2.75) is 12.8 Å². The Labute approximate surface area is 121 Å². The highest BCUT2D eigenvalue weighted by atomic mass is 32.1. The highest BCUT2D eigenvalue weighted by molar-refractivity contribution is 7.13. The lowest BCUT2D eigenvalue weighted by atomic mass is 10.3. The van der Waals surface area contributed by atoms with Crippen LogP contribution in [-0.2, 0) is 11.2 Å². The molecule has 108 valence electrons. The van der Waals surface area contributed by atoms with Gasteiger partial charge in [-0.3, -0.25) is 4.79 Å². The molecular weight excluding hydrogens is 276 g/mol. The van der Waals surface area contributed by atoms with Crippen molar-refractivity contribution >= 4 is 17.2 Å². The van der Waals surface area contributed by atoms with Gasteiger partial charge in [0.2, 0.25) is 17.6 Å². The Kier molecular flexibility index (Phi) is 5.25. The standard InChI is InChI=1S/C13H18N4O2S/c1-14-7-8-17(2)12(18)6-5-11-15-13(16-19-11)10-4-3-9-20-10/h3-4,9,14H,5-8H2,1-2H3. The van der Waals surface area contributed by atoms with Crippen LogP contribution in [-0.4, -0.2) is 48.1 Å². The summed E-state index contributed by atoms with van der Waals surface area (Å²) in [6, 6.07) is 3.88. The fourth-order valence-corrected chi connectivity index (χ4v) is 2.32. The summed E-state index contributed by atoms with van der Waals surface area (Å²) in [6.07, 6.45) is 0.855. The SMILES string of the molecule is CNCCN(C)C(=O)CCc1nc(-c2cccs2)no1. The van der Waals surface area contributed by atoms with E-state index in [2.05, 4.69) is 15.5 Å². The van der Waals surface area contributed by atoms with E-state index in [4.69, 9.17) is 4.52 Å². The molecule has 0 spiro atoms. The fraction of sp³-hybridized carbons (Fsp3) is 0.462. The first-order chi connectivity index (χ1) is 9.70. The molecule has 0 saturated heterocycles. The summed E-state index contributed by atoms with van der Waals surface area (Å²) in [5, 5.41) is 8.90. The van der Waals surface area contributed by atoms with Crippen LogP contribution < -0.4 is 5.32 Å². The largest absolute Gasteiger partial charge is 0.344 e. The van der Waals surface area contributed by atoms with E-state index in [1.807, 2.05) is 24.6 Å². The van der Waals surface area contributed by atoms with Crippen LogP contribution in [0.25, 0.3) is 10.7 Å². The van der Waals surface area contributed by atoms with E-state index in [1.54, 1.807) is 23.3 Å². The summed E-state index contributed by atoms with van der Waals surface area (Å²) in [4.78, 5) is 18.8. The lowest BCUT2D eigenvalue weighted by molar-refractivity contribution is -0.129. The number of thiophene rings is 1. The maximum atomic E-state index is 11.9. The predicted octanol–water partition coefficient (Wildman–Crippen LogP) is 1.41. The zero-order chi connectivity index (χ0) is 14.4. The lowest BCUT2D eigenvalue weighted by Crippen LogP contribution is -2.32. The maximum absolute atomic E-state index is 11.9. The number of carbonyl (C=O) groups is 1. The monoisotopic (exact) mass is 294 g/mol. The Hall–Kier alpha value is -1.73. The third-order valence-electron chi connectivity index (χ3n) is 2.89. The van der Waals surface area contributed by atoms with E-state index in [1.165, 1.54) is 0 Å². The molecule has 0 radical (unpaired) electrons. The summed E-state index contributed by atoms with van der Waals surface area (Å²) < 4.78 is 5.16. The number of carbonyl (C=O) groups excluding carboxylic acids is 1. The van der Waals surface area contributed by atoms with Crippen molar-refractivity contribution in [2.75, 3.05) is 27.2 Å². The highest BCUT2D eigenvalue weighted by Gasteiger charge is 2.13. The van der Waals surface area contributed by atoms with Crippen LogP contribution in [0.15, 0.2) is 22.0 Å². The van der Waals surface area contributed by atoms with E-state index < -0.39 is 0 Å². The molecule has 0 aliphatic heterocycles. The van der Waals surface area contributed by atoms with Crippen molar-refractivity contribution in [1.82, 2.24) is 20.4 Å². The second kappa shape index (κ2) is 7.16. The Morgan fingerprint density at radius 2 is 2.40 bits per heavy atom. The minimum atomic E-state index is 0.0797. The molecule has 2 aromatic heterocycles. The van der Waals surface area contributed by atoms with Crippen LogP contribution in [0.4, 0.5) is 0 Å². The van der Waals surface area contributed by atoms with Gasteiger partial charge in [0.05, 0.1) is 4.88 Å². The van der Waals surface area contributed by atoms with Crippen LogP contribution in [0.1, 0.15) is 12.3 Å². The molecule has 0 aliphatic carbocycles. The lowest BCUT2D eigenvalue weighted by Gasteiger charge is -2.16. The van der Waals surface area contributed by atoms with Crippen molar-refractivity contribution in [3.63, 3.8) is 0 Å². The Morgan fingerprint density at radius 3 is 3.10 bits per heavy atom. The van der Waals surface area contributed by atoms with Gasteiger partial charge in [-0.25, -0.2) is 0 Å². The smallest absolute Gasteiger partial charge is 0.227 e. The quantitative estimate of drug-likeness (QED) is 0.836. The average Bonchev–Trinajstić information content (AvgIpc) is 3.12. The molecule has 0 aliphatic rings. The molecular formula is C13H18N4O2S. The summed E-state index contributed by atoms with van der Waals surface area (Å²) >= 11 is 1.56. The highest BCUT2D eigenvalue weighted by Crippen LogP contribution is 2.21. The molecule has 20 heavy (non-hydrogen) atoms.